The molecule has 3 nitrogen and oxygen atoms in total. The molecule has 0 bridgehead atoms. The minimum atomic E-state index is -0.566. The van der Waals surface area contributed by atoms with Gasteiger partial charge in [-0.25, -0.2) is 0 Å². The number of nitrogens with zero attached hydrogens (tertiary/aromatic N) is 1. The summed E-state index contributed by atoms with van der Waals surface area (Å²) in [5, 5.41) is 3.27. The molecule has 0 aromatic heterocycles. The average molecular weight is 230 g/mol. The fourth-order valence-electron chi connectivity index (χ4n) is 2.08. The number of carbonyl (C=O) groups is 1. The molecule has 0 spiro atoms. The highest BCUT2D eigenvalue weighted by molar-refractivity contribution is 6.07. The summed E-state index contributed by atoms with van der Waals surface area (Å²) >= 11 is 0. The van der Waals surface area contributed by atoms with Crippen molar-refractivity contribution in [2.24, 2.45) is 0 Å². The monoisotopic (exact) mass is 230 g/mol. The Balaban J connectivity index is 2.48. The molecule has 1 aliphatic heterocycles. The number of hydrogen-bond donors (Lipinski definition) is 1. The van der Waals surface area contributed by atoms with Crippen molar-refractivity contribution in [3.63, 3.8) is 0 Å². The highest BCUT2D eigenvalue weighted by atomic mass is 16.2. The summed E-state index contributed by atoms with van der Waals surface area (Å²) < 4.78 is 0. The third-order valence-corrected chi connectivity index (χ3v) is 2.85. The second-order valence-electron chi connectivity index (χ2n) is 5.12. The number of carbonyl (C=O) groups excluding carboxylic acids is 1. The molecule has 17 heavy (non-hydrogen) atoms. The van der Waals surface area contributed by atoms with Gasteiger partial charge >= 0.3 is 0 Å². The molecule has 0 fully saturated rings. The minimum absolute atomic E-state index is 0.0826. The molecule has 1 aromatic rings. The molecule has 0 saturated heterocycles. The van der Waals surface area contributed by atoms with Gasteiger partial charge in [0, 0.05) is 6.54 Å². The van der Waals surface area contributed by atoms with Gasteiger partial charge in [0.2, 0.25) is 0 Å². The van der Waals surface area contributed by atoms with E-state index in [1.54, 1.807) is 4.90 Å². The van der Waals surface area contributed by atoms with Crippen molar-refractivity contribution in [1.29, 1.82) is 0 Å². The smallest absolute Gasteiger partial charge is 0.252 e. The molecule has 1 amide bonds. The van der Waals surface area contributed by atoms with Crippen LogP contribution in [0.25, 0.3) is 0 Å². The lowest BCUT2D eigenvalue weighted by molar-refractivity contribution is -0.122. The van der Waals surface area contributed by atoms with Crippen LogP contribution in [-0.2, 0) is 4.79 Å². The normalized spacial score (nSPS) is 17.4. The third kappa shape index (κ3) is 2.05. The number of hydrogen-bond acceptors (Lipinski definition) is 2. The fraction of sp³-hybridized carbons (Fsp3) is 0.357. The topological polar surface area (TPSA) is 32.3 Å². The Hall–Kier alpha value is -1.77. The van der Waals surface area contributed by atoms with Crippen LogP contribution < -0.4 is 10.2 Å². The van der Waals surface area contributed by atoms with Crippen molar-refractivity contribution in [2.75, 3.05) is 16.8 Å². The predicted molar refractivity (Wildman–Crippen MR) is 71.3 cm³/mol. The van der Waals surface area contributed by atoms with Crippen LogP contribution >= 0.6 is 0 Å². The van der Waals surface area contributed by atoms with Gasteiger partial charge in [-0.15, -0.1) is 0 Å². The maximum Gasteiger partial charge on any atom is 0.252 e. The molecule has 1 aliphatic rings. The molecule has 0 unspecified atom stereocenters. The van der Waals surface area contributed by atoms with Gasteiger partial charge in [0.05, 0.1) is 11.4 Å². The Bertz CT molecular complexity index is 477. The average Bonchev–Trinajstić information content (AvgIpc) is 2.24. The van der Waals surface area contributed by atoms with E-state index < -0.39 is 5.54 Å². The van der Waals surface area contributed by atoms with E-state index in [9.17, 15) is 4.79 Å². The van der Waals surface area contributed by atoms with E-state index in [0.717, 1.165) is 16.9 Å². The second kappa shape index (κ2) is 3.91. The number of anilines is 2. The predicted octanol–water partition coefficient (Wildman–Crippen LogP) is 2.80. The lowest BCUT2D eigenvalue weighted by Gasteiger charge is -2.40. The van der Waals surface area contributed by atoms with E-state index in [1.807, 2.05) is 45.0 Å². The Labute approximate surface area is 102 Å². The number of amides is 1. The standard InChI is InChI=1S/C14H18N2O/c1-10(2)9-16-12-8-6-5-7-11(12)15-14(3,4)13(16)17/h5-8,15H,1,9H2,2-4H3. The molecular weight excluding hydrogens is 212 g/mol. The molecule has 1 N–H and O–H groups in total. The molecule has 0 saturated carbocycles. The van der Waals surface area contributed by atoms with Gasteiger partial charge in [-0.3, -0.25) is 4.79 Å². The number of nitrogens with one attached hydrogen (secondary N) is 1. The van der Waals surface area contributed by atoms with Crippen LogP contribution in [0.4, 0.5) is 11.4 Å². The van der Waals surface area contributed by atoms with Crippen LogP contribution in [0, 0.1) is 0 Å². The number of para-hydroxylation sites is 2. The first-order chi connectivity index (χ1) is 7.92. The molecule has 0 aliphatic carbocycles. The second-order valence-corrected chi connectivity index (χ2v) is 5.12. The summed E-state index contributed by atoms with van der Waals surface area (Å²) in [5.74, 6) is 0.0826. The van der Waals surface area contributed by atoms with E-state index in [-0.39, 0.29) is 5.91 Å². The molecule has 0 atom stereocenters. The maximum atomic E-state index is 12.4. The Morgan fingerprint density at radius 1 is 1.41 bits per heavy atom. The summed E-state index contributed by atoms with van der Waals surface area (Å²) in [6.07, 6.45) is 0. The van der Waals surface area contributed by atoms with Crippen LogP contribution in [0.5, 0.6) is 0 Å². The van der Waals surface area contributed by atoms with Crippen LogP contribution in [-0.4, -0.2) is 18.0 Å². The molecule has 1 aromatic carbocycles. The van der Waals surface area contributed by atoms with Crippen LogP contribution in [0.1, 0.15) is 20.8 Å². The Kier molecular flexibility index (Phi) is 2.69. The first kappa shape index (κ1) is 11.7. The summed E-state index contributed by atoms with van der Waals surface area (Å²) in [6, 6.07) is 7.86. The van der Waals surface area contributed by atoms with Gasteiger partial charge < -0.3 is 10.2 Å². The minimum Gasteiger partial charge on any atom is -0.370 e. The van der Waals surface area contributed by atoms with Crippen molar-refractivity contribution in [2.45, 2.75) is 26.3 Å². The van der Waals surface area contributed by atoms with Gasteiger partial charge in [-0.1, -0.05) is 24.3 Å². The SMILES string of the molecule is C=C(C)CN1C(=O)C(C)(C)Nc2ccccc21. The van der Waals surface area contributed by atoms with Crippen molar-refractivity contribution >= 4 is 17.3 Å². The van der Waals surface area contributed by atoms with E-state index in [1.165, 1.54) is 0 Å². The van der Waals surface area contributed by atoms with Crippen LogP contribution in [0.2, 0.25) is 0 Å². The highest BCUT2D eigenvalue weighted by Crippen LogP contribution is 2.35. The molecule has 2 rings (SSSR count). The first-order valence-corrected chi connectivity index (χ1v) is 5.75. The van der Waals surface area contributed by atoms with Gasteiger partial charge in [0.1, 0.15) is 5.54 Å². The maximum absolute atomic E-state index is 12.4. The molecule has 0 radical (unpaired) electrons. The third-order valence-electron chi connectivity index (χ3n) is 2.85. The Morgan fingerprint density at radius 2 is 2.06 bits per heavy atom. The zero-order chi connectivity index (χ0) is 12.6. The summed E-state index contributed by atoms with van der Waals surface area (Å²) in [7, 11) is 0. The van der Waals surface area contributed by atoms with Crippen LogP contribution in [0.15, 0.2) is 36.4 Å². The fourth-order valence-corrected chi connectivity index (χ4v) is 2.08. The van der Waals surface area contributed by atoms with Crippen molar-refractivity contribution in [3.8, 4) is 0 Å². The molecular formula is C14H18N2O. The van der Waals surface area contributed by atoms with Gasteiger partial charge in [-0.05, 0) is 32.9 Å². The van der Waals surface area contributed by atoms with Gasteiger partial charge in [0.15, 0.2) is 0 Å². The van der Waals surface area contributed by atoms with Crippen molar-refractivity contribution < 1.29 is 4.79 Å². The van der Waals surface area contributed by atoms with E-state index >= 15 is 0 Å². The number of fused-ring (bicyclic) bond motifs is 1. The number of rotatable bonds is 2. The zero-order valence-corrected chi connectivity index (χ0v) is 10.6. The lowest BCUT2D eigenvalue weighted by atomic mass is 9.97. The van der Waals surface area contributed by atoms with E-state index in [4.69, 9.17) is 0 Å². The van der Waals surface area contributed by atoms with Crippen molar-refractivity contribution in [1.82, 2.24) is 0 Å². The van der Waals surface area contributed by atoms with Gasteiger partial charge in [-0.2, -0.15) is 0 Å². The van der Waals surface area contributed by atoms with Gasteiger partial charge in [0.25, 0.3) is 5.91 Å². The van der Waals surface area contributed by atoms with Crippen LogP contribution in [0.3, 0.4) is 0 Å². The molecule has 1 heterocycles. The lowest BCUT2D eigenvalue weighted by Crippen LogP contribution is -2.54. The molecule has 3 heteroatoms. The van der Waals surface area contributed by atoms with E-state index in [2.05, 4.69) is 11.9 Å². The van der Waals surface area contributed by atoms with E-state index in [0.29, 0.717) is 6.54 Å². The first-order valence-electron chi connectivity index (χ1n) is 5.75. The zero-order valence-electron chi connectivity index (χ0n) is 10.6. The van der Waals surface area contributed by atoms with Crippen molar-refractivity contribution in [3.05, 3.63) is 36.4 Å². The summed E-state index contributed by atoms with van der Waals surface area (Å²) in [4.78, 5) is 14.2. The summed E-state index contributed by atoms with van der Waals surface area (Å²) in [6.45, 7) is 10.2. The summed E-state index contributed by atoms with van der Waals surface area (Å²) in [5.41, 5.74) is 2.34. The highest BCUT2D eigenvalue weighted by Gasteiger charge is 2.38. The Morgan fingerprint density at radius 3 is 2.71 bits per heavy atom. The quantitative estimate of drug-likeness (QED) is 0.792. The molecule has 90 valence electrons. The largest absolute Gasteiger partial charge is 0.370 e. The number of benzene rings is 1.